The summed E-state index contributed by atoms with van der Waals surface area (Å²) >= 11 is 1.53. The van der Waals surface area contributed by atoms with E-state index in [0.29, 0.717) is 11.8 Å². The summed E-state index contributed by atoms with van der Waals surface area (Å²) in [5.41, 5.74) is 3.19. The first-order valence-electron chi connectivity index (χ1n) is 8.94. The average Bonchev–Trinajstić information content (AvgIpc) is 3.05. The van der Waals surface area contributed by atoms with Crippen LogP contribution in [-0.4, -0.2) is 31.0 Å². The molecule has 1 amide bonds. The molecule has 6 nitrogen and oxygen atoms in total. The van der Waals surface area contributed by atoms with Gasteiger partial charge in [0.25, 0.3) is 0 Å². The lowest BCUT2D eigenvalue weighted by molar-refractivity contribution is -0.113. The van der Waals surface area contributed by atoms with Crippen molar-refractivity contribution in [2.45, 2.75) is 64.1 Å². The predicted octanol–water partition coefficient (Wildman–Crippen LogP) is 3.78. The molecule has 1 saturated carbocycles. The van der Waals surface area contributed by atoms with E-state index in [9.17, 15) is 4.79 Å². The maximum absolute atomic E-state index is 12.3. The third-order valence-electron chi connectivity index (χ3n) is 4.90. The van der Waals surface area contributed by atoms with Crippen molar-refractivity contribution in [2.24, 2.45) is 7.05 Å². The molecule has 1 aliphatic carbocycles. The maximum Gasteiger partial charge on any atom is 0.235 e. The summed E-state index contributed by atoms with van der Waals surface area (Å²) in [7, 11) is 1.83. The number of carbonyl (C=O) groups excluding carboxylic acids is 1. The number of aryl methyl sites for hydroxylation is 3. The fourth-order valence-corrected chi connectivity index (χ4v) is 4.46. The number of anilines is 1. The molecule has 2 heterocycles. The number of nitrogens with zero attached hydrogens (tertiary/aromatic N) is 4. The molecule has 0 aliphatic heterocycles. The van der Waals surface area contributed by atoms with Gasteiger partial charge in [0.1, 0.15) is 5.82 Å². The summed E-state index contributed by atoms with van der Waals surface area (Å²) in [6.45, 7) is 6.10. The third kappa shape index (κ3) is 4.08. The van der Waals surface area contributed by atoms with Crippen molar-refractivity contribution >= 4 is 23.5 Å². The highest BCUT2D eigenvalue weighted by atomic mass is 32.2. The summed E-state index contributed by atoms with van der Waals surface area (Å²) in [4.78, 5) is 17.0. The molecule has 2 aromatic heterocycles. The minimum absolute atomic E-state index is 0.0264. The monoisotopic (exact) mass is 361 g/mol. The van der Waals surface area contributed by atoms with E-state index in [-0.39, 0.29) is 5.91 Å². The molecule has 0 unspecified atom stereocenters. The molecular weight excluding hydrogens is 334 g/mol. The van der Waals surface area contributed by atoms with Crippen molar-refractivity contribution in [3.05, 3.63) is 23.1 Å². The second-order valence-corrected chi connectivity index (χ2v) is 7.80. The first kappa shape index (κ1) is 18.0. The lowest BCUT2D eigenvalue weighted by atomic mass is 9.95. The van der Waals surface area contributed by atoms with Gasteiger partial charge in [0.15, 0.2) is 5.16 Å². The van der Waals surface area contributed by atoms with Crippen LogP contribution in [-0.2, 0) is 11.8 Å². The highest BCUT2D eigenvalue weighted by Gasteiger charge is 2.22. The molecule has 1 fully saturated rings. The van der Waals surface area contributed by atoms with Crippen LogP contribution in [0.15, 0.2) is 11.2 Å². The van der Waals surface area contributed by atoms with Crippen LogP contribution in [0.1, 0.15) is 55.2 Å². The van der Waals surface area contributed by atoms with Crippen molar-refractivity contribution in [1.82, 2.24) is 19.3 Å². The third-order valence-corrected chi connectivity index (χ3v) is 5.85. The molecule has 136 valence electrons. The van der Waals surface area contributed by atoms with Crippen molar-refractivity contribution in [1.29, 1.82) is 0 Å². The molecule has 25 heavy (non-hydrogen) atoms. The largest absolute Gasteiger partial charge is 0.320 e. The van der Waals surface area contributed by atoms with Gasteiger partial charge in [-0.15, -0.1) is 0 Å². The first-order valence-corrected chi connectivity index (χ1v) is 9.93. The number of amides is 1. The Morgan fingerprint density at radius 2 is 2.00 bits per heavy atom. The van der Waals surface area contributed by atoms with Crippen molar-refractivity contribution < 1.29 is 4.79 Å². The Kier molecular flexibility index (Phi) is 5.51. The van der Waals surface area contributed by atoms with Gasteiger partial charge >= 0.3 is 0 Å². The number of nitrogens with one attached hydrogen (secondary N) is 1. The zero-order valence-electron chi connectivity index (χ0n) is 15.5. The van der Waals surface area contributed by atoms with Gasteiger partial charge < -0.3 is 9.88 Å². The fraction of sp³-hybridized carbons (Fsp3) is 0.611. The summed E-state index contributed by atoms with van der Waals surface area (Å²) < 4.78 is 4.05. The van der Waals surface area contributed by atoms with E-state index in [1.165, 1.54) is 49.6 Å². The van der Waals surface area contributed by atoms with E-state index >= 15 is 0 Å². The van der Waals surface area contributed by atoms with Crippen LogP contribution in [0.25, 0.3) is 0 Å². The Morgan fingerprint density at radius 3 is 2.64 bits per heavy atom. The Balaban J connectivity index is 1.67. The summed E-state index contributed by atoms with van der Waals surface area (Å²) in [6.07, 6.45) is 6.32. The highest BCUT2D eigenvalue weighted by Crippen LogP contribution is 2.34. The second kappa shape index (κ2) is 7.64. The van der Waals surface area contributed by atoms with E-state index in [4.69, 9.17) is 4.98 Å². The quantitative estimate of drug-likeness (QED) is 0.823. The zero-order valence-corrected chi connectivity index (χ0v) is 16.3. The molecule has 0 saturated heterocycles. The summed E-state index contributed by atoms with van der Waals surface area (Å²) in [5, 5.41) is 8.15. The van der Waals surface area contributed by atoms with Gasteiger partial charge in [-0.1, -0.05) is 31.0 Å². The first-order chi connectivity index (χ1) is 12.0. The number of hydrogen-bond acceptors (Lipinski definition) is 4. The van der Waals surface area contributed by atoms with E-state index < -0.39 is 0 Å². The number of carbonyl (C=O) groups is 1. The Morgan fingerprint density at radius 1 is 1.28 bits per heavy atom. The maximum atomic E-state index is 12.3. The van der Waals surface area contributed by atoms with Gasteiger partial charge in [-0.05, 0) is 33.6 Å². The van der Waals surface area contributed by atoms with Crippen LogP contribution in [0, 0.1) is 20.8 Å². The van der Waals surface area contributed by atoms with Crippen molar-refractivity contribution in [3.63, 3.8) is 0 Å². The molecule has 0 bridgehead atoms. The minimum atomic E-state index is -0.0264. The van der Waals surface area contributed by atoms with Gasteiger partial charge in [-0.2, -0.15) is 5.10 Å². The van der Waals surface area contributed by atoms with Crippen LogP contribution in [0.3, 0.4) is 0 Å². The normalized spacial score (nSPS) is 15.5. The number of thioether (sulfide) groups is 1. The minimum Gasteiger partial charge on any atom is -0.320 e. The van der Waals surface area contributed by atoms with Gasteiger partial charge in [-0.25, -0.2) is 4.98 Å². The fourth-order valence-electron chi connectivity index (χ4n) is 3.50. The smallest absolute Gasteiger partial charge is 0.235 e. The Hall–Kier alpha value is -1.76. The van der Waals surface area contributed by atoms with Crippen LogP contribution in [0.4, 0.5) is 5.82 Å². The standard InChI is InChI=1S/C18H27N5OS/c1-12-10-16(22(4)21-12)20-17(24)11-25-18-19-13(2)14(3)23(18)15-8-6-5-7-9-15/h10,15H,5-9,11H2,1-4H3,(H,20,24). The van der Waals surface area contributed by atoms with Crippen molar-refractivity contribution in [2.75, 3.05) is 11.1 Å². The molecule has 1 aliphatic rings. The Bertz CT molecular complexity index is 758. The summed E-state index contributed by atoms with van der Waals surface area (Å²) in [6, 6.07) is 2.40. The molecule has 1 N–H and O–H groups in total. The van der Waals surface area contributed by atoms with E-state index in [1.807, 2.05) is 20.0 Å². The topological polar surface area (TPSA) is 64.7 Å². The van der Waals surface area contributed by atoms with E-state index in [0.717, 1.165) is 22.4 Å². The van der Waals surface area contributed by atoms with Gasteiger partial charge in [0.2, 0.25) is 5.91 Å². The lowest BCUT2D eigenvalue weighted by Crippen LogP contribution is -2.18. The molecule has 2 aromatic rings. The Labute approximate surface area is 153 Å². The van der Waals surface area contributed by atoms with Crippen LogP contribution < -0.4 is 5.32 Å². The lowest BCUT2D eigenvalue weighted by Gasteiger charge is -2.26. The van der Waals surface area contributed by atoms with Crippen LogP contribution in [0.5, 0.6) is 0 Å². The van der Waals surface area contributed by atoms with Crippen molar-refractivity contribution in [3.8, 4) is 0 Å². The molecular formula is C18H27N5OS. The molecule has 0 aromatic carbocycles. The predicted molar refractivity (Wildman–Crippen MR) is 101 cm³/mol. The van der Waals surface area contributed by atoms with Crippen LogP contribution in [0.2, 0.25) is 0 Å². The molecule has 3 rings (SSSR count). The number of rotatable bonds is 5. The molecule has 0 spiro atoms. The van der Waals surface area contributed by atoms with E-state index in [2.05, 4.69) is 28.8 Å². The van der Waals surface area contributed by atoms with Gasteiger partial charge in [-0.3, -0.25) is 9.48 Å². The number of imidazole rings is 1. The van der Waals surface area contributed by atoms with Gasteiger partial charge in [0.05, 0.1) is 17.1 Å². The zero-order chi connectivity index (χ0) is 18.0. The number of hydrogen-bond donors (Lipinski definition) is 1. The summed E-state index contributed by atoms with van der Waals surface area (Å²) in [5.74, 6) is 1.06. The molecule has 0 atom stereocenters. The van der Waals surface area contributed by atoms with Crippen LogP contribution >= 0.6 is 11.8 Å². The molecule has 0 radical (unpaired) electrons. The molecule has 7 heteroatoms. The average molecular weight is 362 g/mol. The van der Waals surface area contributed by atoms with E-state index in [1.54, 1.807) is 4.68 Å². The SMILES string of the molecule is Cc1cc(NC(=O)CSc2nc(C)c(C)n2C2CCCCC2)n(C)n1. The number of aromatic nitrogens is 4. The second-order valence-electron chi connectivity index (χ2n) is 6.86. The van der Waals surface area contributed by atoms with Gasteiger partial charge in [0, 0.05) is 24.8 Å². The highest BCUT2D eigenvalue weighted by molar-refractivity contribution is 7.99.